The fourth-order valence-corrected chi connectivity index (χ4v) is 5.94. The maximum atomic E-state index is 12.7. The fourth-order valence-electron chi connectivity index (χ4n) is 5.94. The number of carbonyl (C=O) groups is 3. The van der Waals surface area contributed by atoms with Crippen LogP contribution in [0.5, 0.6) is 0 Å². The van der Waals surface area contributed by atoms with Crippen molar-refractivity contribution in [2.45, 2.75) is 20.8 Å². The van der Waals surface area contributed by atoms with E-state index in [0.717, 1.165) is 65.4 Å². The van der Waals surface area contributed by atoms with Crippen LogP contribution < -0.4 is 0 Å². The van der Waals surface area contributed by atoms with Gasteiger partial charge < -0.3 is 29.2 Å². The highest BCUT2D eigenvalue weighted by atomic mass is 16.5. The molecule has 3 aromatic heterocycles. The van der Waals surface area contributed by atoms with Gasteiger partial charge in [-0.15, -0.1) is 0 Å². The Morgan fingerprint density at radius 3 is 1.05 bits per heavy atom. The number of hydrogen-bond acceptors (Lipinski definition) is 6. The van der Waals surface area contributed by atoms with Crippen molar-refractivity contribution < 1.29 is 28.6 Å². The Morgan fingerprint density at radius 2 is 0.786 bits per heavy atom. The van der Waals surface area contributed by atoms with E-state index in [0.29, 0.717) is 16.7 Å². The summed E-state index contributed by atoms with van der Waals surface area (Å²) < 4.78 is 15.8. The van der Waals surface area contributed by atoms with E-state index < -0.39 is 17.9 Å². The number of benzene rings is 4. The van der Waals surface area contributed by atoms with E-state index in [-0.39, 0.29) is 19.8 Å². The van der Waals surface area contributed by atoms with Crippen LogP contribution in [0.1, 0.15) is 51.8 Å². The van der Waals surface area contributed by atoms with Crippen molar-refractivity contribution in [2.75, 3.05) is 19.8 Å². The zero-order valence-electron chi connectivity index (χ0n) is 23.3. The van der Waals surface area contributed by atoms with Gasteiger partial charge in [-0.25, -0.2) is 14.4 Å². The molecule has 0 spiro atoms. The van der Waals surface area contributed by atoms with Crippen molar-refractivity contribution in [3.63, 3.8) is 0 Å². The molecule has 7 aromatic rings. The Labute approximate surface area is 238 Å². The minimum Gasteiger partial charge on any atom is -0.462 e. The third kappa shape index (κ3) is 3.73. The summed E-state index contributed by atoms with van der Waals surface area (Å²) in [5, 5.41) is 5.18. The first-order valence-corrected chi connectivity index (χ1v) is 13.9. The molecule has 0 aliphatic rings. The SMILES string of the molecule is CCOC(=O)c1ccc2[nH]c3c(c2c1)c1[nH]c2ccc(C(=O)OCC)cc2c1c1[nH]c2ccc(C(=O)OCC)cc2c31. The van der Waals surface area contributed by atoms with E-state index in [4.69, 9.17) is 14.2 Å². The summed E-state index contributed by atoms with van der Waals surface area (Å²) in [6, 6.07) is 16.4. The van der Waals surface area contributed by atoms with E-state index in [1.54, 1.807) is 39.0 Å². The van der Waals surface area contributed by atoms with Crippen LogP contribution in [0.4, 0.5) is 0 Å². The van der Waals surface area contributed by atoms with Crippen LogP contribution in [0.15, 0.2) is 54.6 Å². The molecule has 0 atom stereocenters. The zero-order valence-corrected chi connectivity index (χ0v) is 23.3. The Kier molecular flexibility index (Phi) is 5.90. The maximum absolute atomic E-state index is 12.7. The highest BCUT2D eigenvalue weighted by Crippen LogP contribution is 2.44. The van der Waals surface area contributed by atoms with Crippen LogP contribution in [0.3, 0.4) is 0 Å². The molecule has 3 N–H and O–H groups in total. The van der Waals surface area contributed by atoms with Gasteiger partial charge in [0.2, 0.25) is 0 Å². The van der Waals surface area contributed by atoms with Crippen molar-refractivity contribution in [3.8, 4) is 0 Å². The molecule has 9 heteroatoms. The molecule has 0 saturated carbocycles. The van der Waals surface area contributed by atoms with Gasteiger partial charge in [-0.1, -0.05) is 0 Å². The number of H-pyrrole nitrogens is 3. The summed E-state index contributed by atoms with van der Waals surface area (Å²) in [5.41, 5.74) is 6.40. The molecule has 210 valence electrons. The van der Waals surface area contributed by atoms with Crippen LogP contribution in [0.2, 0.25) is 0 Å². The standard InChI is InChI=1S/C33H27N3O6/c1-4-40-31(37)16-7-10-22-19(13-16)25-28(34-22)26-21-15-18(33(39)42-6-3)9-12-24(21)36-30(26)27-20-14-17(32(38)41-5-2)8-11-23(20)35-29(25)27/h7-15,34-36H,4-6H2,1-3H3. The number of esters is 3. The van der Waals surface area contributed by atoms with Crippen molar-refractivity contribution in [1.29, 1.82) is 0 Å². The largest absolute Gasteiger partial charge is 0.462 e. The van der Waals surface area contributed by atoms with E-state index in [1.165, 1.54) is 0 Å². The van der Waals surface area contributed by atoms with Crippen LogP contribution in [-0.4, -0.2) is 52.7 Å². The lowest BCUT2D eigenvalue weighted by Crippen LogP contribution is -2.03. The minimum atomic E-state index is -0.395. The smallest absolute Gasteiger partial charge is 0.338 e. The van der Waals surface area contributed by atoms with Crippen LogP contribution >= 0.6 is 0 Å². The third-order valence-corrected chi connectivity index (χ3v) is 7.68. The Balaban J connectivity index is 1.65. The summed E-state index contributed by atoms with van der Waals surface area (Å²) in [4.78, 5) is 48.7. The van der Waals surface area contributed by atoms with Gasteiger partial charge in [0, 0.05) is 48.9 Å². The summed E-state index contributed by atoms with van der Waals surface area (Å²) in [5.74, 6) is -1.19. The number of nitrogens with one attached hydrogen (secondary N) is 3. The normalized spacial score (nSPS) is 11.8. The van der Waals surface area contributed by atoms with Crippen molar-refractivity contribution in [3.05, 3.63) is 71.3 Å². The summed E-state index contributed by atoms with van der Waals surface area (Å²) in [6.07, 6.45) is 0. The van der Waals surface area contributed by atoms with Gasteiger partial charge in [0.25, 0.3) is 0 Å². The Bertz CT molecular complexity index is 1970. The molecule has 42 heavy (non-hydrogen) atoms. The number of ether oxygens (including phenoxy) is 3. The molecule has 4 aromatic carbocycles. The monoisotopic (exact) mass is 561 g/mol. The van der Waals surface area contributed by atoms with E-state index in [1.807, 2.05) is 36.4 Å². The first-order chi connectivity index (χ1) is 20.4. The Hall–Kier alpha value is -5.31. The summed E-state index contributed by atoms with van der Waals surface area (Å²) >= 11 is 0. The highest BCUT2D eigenvalue weighted by Gasteiger charge is 2.23. The van der Waals surface area contributed by atoms with Gasteiger partial charge in [0.05, 0.1) is 53.1 Å². The molecule has 0 aliphatic heterocycles. The van der Waals surface area contributed by atoms with E-state index in [9.17, 15) is 14.4 Å². The quantitative estimate of drug-likeness (QED) is 0.147. The van der Waals surface area contributed by atoms with Gasteiger partial charge in [0.15, 0.2) is 0 Å². The molecule has 0 saturated heterocycles. The lowest BCUT2D eigenvalue weighted by Gasteiger charge is -2.04. The molecule has 0 fully saturated rings. The first kappa shape index (κ1) is 25.6. The average molecular weight is 562 g/mol. The summed E-state index contributed by atoms with van der Waals surface area (Å²) in [6.45, 7) is 6.16. The number of aromatic amines is 3. The van der Waals surface area contributed by atoms with Crippen LogP contribution in [-0.2, 0) is 14.2 Å². The highest BCUT2D eigenvalue weighted by molar-refractivity contribution is 6.39. The van der Waals surface area contributed by atoms with Gasteiger partial charge in [-0.2, -0.15) is 0 Å². The summed E-state index contributed by atoms with van der Waals surface area (Å²) in [7, 11) is 0. The second-order valence-electron chi connectivity index (χ2n) is 10.1. The molecule has 0 unspecified atom stereocenters. The lowest BCUT2D eigenvalue weighted by atomic mass is 10.0. The van der Waals surface area contributed by atoms with Crippen LogP contribution in [0.25, 0.3) is 65.4 Å². The topological polar surface area (TPSA) is 126 Å². The number of carbonyl (C=O) groups excluding carboxylic acids is 3. The number of fused-ring (bicyclic) bond motifs is 12. The number of rotatable bonds is 6. The average Bonchev–Trinajstić information content (AvgIpc) is 3.67. The second-order valence-corrected chi connectivity index (χ2v) is 10.1. The van der Waals surface area contributed by atoms with Gasteiger partial charge in [-0.3, -0.25) is 0 Å². The van der Waals surface area contributed by atoms with Crippen molar-refractivity contribution in [2.24, 2.45) is 0 Å². The van der Waals surface area contributed by atoms with Gasteiger partial charge in [0.1, 0.15) is 0 Å². The van der Waals surface area contributed by atoms with Gasteiger partial charge >= 0.3 is 17.9 Å². The predicted octanol–water partition coefficient (Wildman–Crippen LogP) is 7.12. The molecule has 0 radical (unpaired) electrons. The maximum Gasteiger partial charge on any atom is 0.338 e. The van der Waals surface area contributed by atoms with Crippen LogP contribution in [0, 0.1) is 0 Å². The van der Waals surface area contributed by atoms with Gasteiger partial charge in [-0.05, 0) is 75.4 Å². The predicted molar refractivity (Wildman–Crippen MR) is 162 cm³/mol. The van der Waals surface area contributed by atoms with Crippen molar-refractivity contribution in [1.82, 2.24) is 15.0 Å². The van der Waals surface area contributed by atoms with E-state index >= 15 is 0 Å². The number of hydrogen-bond donors (Lipinski definition) is 3. The molecule has 0 aliphatic carbocycles. The van der Waals surface area contributed by atoms with Crippen molar-refractivity contribution >= 4 is 83.3 Å². The molecular weight excluding hydrogens is 534 g/mol. The molecule has 3 heterocycles. The zero-order chi connectivity index (χ0) is 29.1. The number of aromatic nitrogens is 3. The Morgan fingerprint density at radius 1 is 0.500 bits per heavy atom. The minimum absolute atomic E-state index is 0.276. The first-order valence-electron chi connectivity index (χ1n) is 13.9. The van der Waals surface area contributed by atoms with E-state index in [2.05, 4.69) is 15.0 Å². The molecular formula is C33H27N3O6. The fraction of sp³-hybridized carbons (Fsp3) is 0.182. The second kappa shape index (κ2) is 9.66. The molecule has 7 rings (SSSR count). The molecule has 0 amide bonds. The third-order valence-electron chi connectivity index (χ3n) is 7.68. The lowest BCUT2D eigenvalue weighted by molar-refractivity contribution is 0.0517. The molecule has 0 bridgehead atoms. The molecule has 9 nitrogen and oxygen atoms in total.